The van der Waals surface area contributed by atoms with Crippen LogP contribution in [0.5, 0.6) is 0 Å². The maximum atomic E-state index is 13.0. The van der Waals surface area contributed by atoms with Crippen molar-refractivity contribution in [3.8, 4) is 0 Å². The van der Waals surface area contributed by atoms with Crippen molar-refractivity contribution in [3.05, 3.63) is 59.1 Å². The van der Waals surface area contributed by atoms with E-state index in [-0.39, 0.29) is 30.1 Å². The van der Waals surface area contributed by atoms with Gasteiger partial charge in [0, 0.05) is 67.7 Å². The lowest BCUT2D eigenvalue weighted by Crippen LogP contribution is -2.48. The summed E-state index contributed by atoms with van der Waals surface area (Å²) in [6.45, 7) is 6.03. The minimum absolute atomic E-state index is 0.0171. The summed E-state index contributed by atoms with van der Waals surface area (Å²) >= 11 is 6.10. The van der Waals surface area contributed by atoms with E-state index < -0.39 is 0 Å². The average Bonchev–Trinajstić information content (AvgIpc) is 3.23. The Balaban J connectivity index is 1.28. The molecule has 0 radical (unpaired) electrons. The molecule has 180 valence electrons. The van der Waals surface area contributed by atoms with Crippen LogP contribution in [0.2, 0.25) is 5.02 Å². The smallest absolute Gasteiger partial charge is 0.253 e. The van der Waals surface area contributed by atoms with E-state index in [2.05, 4.69) is 17.1 Å². The van der Waals surface area contributed by atoms with Crippen LogP contribution in [0.4, 0.5) is 11.4 Å². The van der Waals surface area contributed by atoms with Gasteiger partial charge in [-0.3, -0.25) is 14.4 Å². The van der Waals surface area contributed by atoms with E-state index in [0.717, 1.165) is 31.6 Å². The predicted molar refractivity (Wildman–Crippen MR) is 134 cm³/mol. The molecule has 0 aromatic heterocycles. The monoisotopic (exact) mass is 482 g/mol. The van der Waals surface area contributed by atoms with Crippen molar-refractivity contribution in [2.75, 3.05) is 49.5 Å². The zero-order valence-corrected chi connectivity index (χ0v) is 20.3. The Hall–Kier alpha value is -3.06. The molecule has 2 fully saturated rings. The number of hydrogen-bond acceptors (Lipinski definition) is 4. The van der Waals surface area contributed by atoms with Crippen LogP contribution in [-0.4, -0.2) is 66.8 Å². The molecule has 1 unspecified atom stereocenters. The molecule has 0 bridgehead atoms. The molecule has 2 aliphatic rings. The van der Waals surface area contributed by atoms with E-state index in [9.17, 15) is 14.4 Å². The molecule has 4 rings (SSSR count). The molecule has 7 nitrogen and oxygen atoms in total. The molecule has 2 aliphatic heterocycles. The van der Waals surface area contributed by atoms with E-state index in [1.54, 1.807) is 29.2 Å². The lowest BCUT2D eigenvalue weighted by atomic mass is 10.1. The van der Waals surface area contributed by atoms with Gasteiger partial charge in [0.2, 0.25) is 11.8 Å². The normalized spacial score (nSPS) is 18.4. The number of carbonyl (C=O) groups is 3. The number of amides is 3. The van der Waals surface area contributed by atoms with E-state index in [1.165, 1.54) is 0 Å². The fraction of sp³-hybridized carbons (Fsp3) is 0.423. The van der Waals surface area contributed by atoms with Crippen molar-refractivity contribution in [1.29, 1.82) is 0 Å². The first-order chi connectivity index (χ1) is 16.4. The van der Waals surface area contributed by atoms with Crippen LogP contribution < -0.4 is 10.2 Å². The minimum Gasteiger partial charge on any atom is -0.368 e. The van der Waals surface area contributed by atoms with Crippen molar-refractivity contribution >= 4 is 40.7 Å². The summed E-state index contributed by atoms with van der Waals surface area (Å²) in [4.78, 5) is 43.6. The van der Waals surface area contributed by atoms with Crippen molar-refractivity contribution in [1.82, 2.24) is 9.80 Å². The maximum absolute atomic E-state index is 13.0. The van der Waals surface area contributed by atoms with Crippen molar-refractivity contribution in [2.24, 2.45) is 5.92 Å². The summed E-state index contributed by atoms with van der Waals surface area (Å²) in [6, 6.07) is 14.7. The molecule has 1 N–H and O–H groups in total. The van der Waals surface area contributed by atoms with Crippen LogP contribution in [0, 0.1) is 5.92 Å². The first-order valence-corrected chi connectivity index (χ1v) is 12.3. The number of likely N-dealkylation sites (tertiary alicyclic amines) is 1. The Kier molecular flexibility index (Phi) is 7.73. The third-order valence-electron chi connectivity index (χ3n) is 6.51. The molecule has 2 saturated heterocycles. The zero-order valence-electron chi connectivity index (χ0n) is 19.5. The number of anilines is 2. The molecule has 34 heavy (non-hydrogen) atoms. The molecule has 2 aromatic rings. The Morgan fingerprint density at radius 3 is 2.47 bits per heavy atom. The highest BCUT2D eigenvalue weighted by molar-refractivity contribution is 6.30. The Labute approximate surface area is 205 Å². The Morgan fingerprint density at radius 2 is 1.79 bits per heavy atom. The van der Waals surface area contributed by atoms with Gasteiger partial charge in [0.25, 0.3) is 5.91 Å². The van der Waals surface area contributed by atoms with Crippen LogP contribution >= 0.6 is 11.6 Å². The highest BCUT2D eigenvalue weighted by Gasteiger charge is 2.33. The third kappa shape index (κ3) is 5.70. The van der Waals surface area contributed by atoms with Gasteiger partial charge >= 0.3 is 0 Å². The van der Waals surface area contributed by atoms with E-state index in [1.807, 2.05) is 29.2 Å². The van der Waals surface area contributed by atoms with Crippen LogP contribution in [0.15, 0.2) is 48.5 Å². The molecule has 0 spiro atoms. The summed E-state index contributed by atoms with van der Waals surface area (Å²) < 4.78 is 0. The maximum Gasteiger partial charge on any atom is 0.253 e. The van der Waals surface area contributed by atoms with Crippen LogP contribution in [-0.2, 0) is 9.59 Å². The highest BCUT2D eigenvalue weighted by Crippen LogP contribution is 2.23. The topological polar surface area (TPSA) is 73.0 Å². The summed E-state index contributed by atoms with van der Waals surface area (Å²) in [7, 11) is 0. The zero-order chi connectivity index (χ0) is 24.1. The van der Waals surface area contributed by atoms with Gasteiger partial charge < -0.3 is 20.0 Å². The fourth-order valence-corrected chi connectivity index (χ4v) is 4.66. The molecular formula is C26H31ClN4O3. The van der Waals surface area contributed by atoms with Crippen molar-refractivity contribution in [2.45, 2.75) is 26.2 Å². The number of hydrogen-bond donors (Lipinski definition) is 1. The Morgan fingerprint density at radius 1 is 1.06 bits per heavy atom. The number of nitrogens with one attached hydrogen (secondary N) is 1. The second kappa shape index (κ2) is 10.9. The molecule has 2 aromatic carbocycles. The largest absolute Gasteiger partial charge is 0.368 e. The lowest BCUT2D eigenvalue weighted by molar-refractivity contribution is -0.128. The molecule has 3 amide bonds. The SMILES string of the molecule is CCCCN1CC(C(=O)Nc2ccc(C(=O)N3CCN(c4cccc(Cl)c4)CC3)cc2)CC1=O. The quantitative estimate of drug-likeness (QED) is 0.649. The number of unbranched alkanes of at least 4 members (excludes halogenated alkanes) is 1. The van der Waals surface area contributed by atoms with E-state index in [0.29, 0.717) is 42.5 Å². The van der Waals surface area contributed by atoms with Crippen LogP contribution in [0.3, 0.4) is 0 Å². The average molecular weight is 483 g/mol. The van der Waals surface area contributed by atoms with Crippen LogP contribution in [0.1, 0.15) is 36.5 Å². The van der Waals surface area contributed by atoms with Gasteiger partial charge in [0.1, 0.15) is 0 Å². The standard InChI is InChI=1S/C26H31ClN4O3/c1-2-3-11-31-18-20(16-24(31)32)25(33)28-22-9-7-19(8-10-22)26(34)30-14-12-29(13-15-30)23-6-4-5-21(27)17-23/h4-10,17,20H,2-3,11-16,18H2,1H3,(H,28,33). The van der Waals surface area contributed by atoms with Crippen LogP contribution in [0.25, 0.3) is 0 Å². The fourth-order valence-electron chi connectivity index (χ4n) is 4.48. The summed E-state index contributed by atoms with van der Waals surface area (Å²) in [5, 5.41) is 3.60. The predicted octanol–water partition coefficient (Wildman–Crippen LogP) is 3.89. The first kappa shape index (κ1) is 24.1. The number of halogens is 1. The molecule has 0 aliphatic carbocycles. The molecule has 0 saturated carbocycles. The summed E-state index contributed by atoms with van der Waals surface area (Å²) in [5.74, 6) is -0.452. The molecule has 1 atom stereocenters. The van der Waals surface area contributed by atoms with E-state index >= 15 is 0 Å². The van der Waals surface area contributed by atoms with Gasteiger partial charge in [-0.25, -0.2) is 0 Å². The van der Waals surface area contributed by atoms with Gasteiger partial charge in [-0.15, -0.1) is 0 Å². The second-order valence-corrected chi connectivity index (χ2v) is 9.36. The highest BCUT2D eigenvalue weighted by atomic mass is 35.5. The van der Waals surface area contributed by atoms with Gasteiger partial charge in [-0.1, -0.05) is 31.0 Å². The van der Waals surface area contributed by atoms with E-state index in [4.69, 9.17) is 11.6 Å². The van der Waals surface area contributed by atoms with Gasteiger partial charge in [-0.05, 0) is 48.9 Å². The second-order valence-electron chi connectivity index (χ2n) is 8.92. The van der Waals surface area contributed by atoms with Crippen molar-refractivity contribution in [3.63, 3.8) is 0 Å². The van der Waals surface area contributed by atoms with Gasteiger partial charge in [-0.2, -0.15) is 0 Å². The molecule has 8 heteroatoms. The number of benzene rings is 2. The summed E-state index contributed by atoms with van der Waals surface area (Å²) in [6.07, 6.45) is 2.22. The third-order valence-corrected chi connectivity index (χ3v) is 6.74. The van der Waals surface area contributed by atoms with Gasteiger partial charge in [0.05, 0.1) is 5.92 Å². The molecular weight excluding hydrogens is 452 g/mol. The lowest BCUT2D eigenvalue weighted by Gasteiger charge is -2.36. The van der Waals surface area contributed by atoms with Crippen molar-refractivity contribution < 1.29 is 14.4 Å². The minimum atomic E-state index is -0.332. The first-order valence-electron chi connectivity index (χ1n) is 11.9. The number of piperazine rings is 1. The number of rotatable bonds is 7. The summed E-state index contributed by atoms with van der Waals surface area (Å²) in [5.41, 5.74) is 2.29. The number of nitrogens with zero attached hydrogens (tertiary/aromatic N) is 3. The van der Waals surface area contributed by atoms with Gasteiger partial charge in [0.15, 0.2) is 0 Å². The molecule has 2 heterocycles. The number of carbonyl (C=O) groups excluding carboxylic acids is 3. The Bertz CT molecular complexity index is 1030.